The number of aromatic amines is 1. The average molecular weight is 546 g/mol. The summed E-state index contributed by atoms with van der Waals surface area (Å²) < 4.78 is 17.5. The molecular formula is C31H35N3O4S. The molecule has 5 rings (SSSR count). The second kappa shape index (κ2) is 11.9. The number of rotatable bonds is 8. The van der Waals surface area contributed by atoms with Gasteiger partial charge in [0.1, 0.15) is 11.5 Å². The zero-order valence-electron chi connectivity index (χ0n) is 22.9. The van der Waals surface area contributed by atoms with Crippen LogP contribution < -0.4 is 14.2 Å². The molecule has 1 N–H and O–H groups in total. The van der Waals surface area contributed by atoms with Crippen LogP contribution in [0.25, 0.3) is 33.2 Å². The summed E-state index contributed by atoms with van der Waals surface area (Å²) in [6, 6.07) is 18.2. The van der Waals surface area contributed by atoms with E-state index in [9.17, 15) is 4.79 Å². The molecule has 39 heavy (non-hydrogen) atoms. The maximum Gasteiger partial charge on any atom is 0.416 e. The standard InChI is InChI=1S/C31H35N3O4S/c1-5-22-14-10-15-23(6-2)34(22)31(35)38-29-24(36-3)18-21(19-25(29)37-4)30-32-27(20-12-8-7-9-13-20)28(33-30)26-16-11-17-39-26/h7-9,11-13,16-19,22-23H,5-6,10,14-15H2,1-4H3,(H,32,33). The maximum absolute atomic E-state index is 13.5. The Bertz CT molecular complexity index is 1360. The molecule has 2 aromatic heterocycles. The molecule has 4 aromatic rings. The van der Waals surface area contributed by atoms with Crippen molar-refractivity contribution in [2.45, 2.75) is 58.0 Å². The second-order valence-corrected chi connectivity index (χ2v) is 10.6. The zero-order valence-corrected chi connectivity index (χ0v) is 23.7. The van der Waals surface area contributed by atoms with Crippen molar-refractivity contribution in [1.82, 2.24) is 14.9 Å². The number of methoxy groups -OCH3 is 2. The summed E-state index contributed by atoms with van der Waals surface area (Å²) in [7, 11) is 3.13. The number of piperidine rings is 1. The number of nitrogens with zero attached hydrogens (tertiary/aromatic N) is 2. The Balaban J connectivity index is 1.53. The van der Waals surface area contributed by atoms with Gasteiger partial charge in [0.05, 0.1) is 24.8 Å². The Morgan fingerprint density at radius 1 is 0.974 bits per heavy atom. The summed E-state index contributed by atoms with van der Waals surface area (Å²) >= 11 is 1.64. The number of aromatic nitrogens is 2. The summed E-state index contributed by atoms with van der Waals surface area (Å²) in [6.45, 7) is 4.24. The number of amides is 1. The first-order chi connectivity index (χ1) is 19.1. The van der Waals surface area contributed by atoms with Crippen LogP contribution in [0.15, 0.2) is 60.0 Å². The van der Waals surface area contributed by atoms with E-state index >= 15 is 0 Å². The Morgan fingerprint density at radius 3 is 2.21 bits per heavy atom. The molecule has 8 heteroatoms. The fraction of sp³-hybridized carbons (Fsp3) is 0.355. The number of carbonyl (C=O) groups is 1. The first kappa shape index (κ1) is 26.8. The first-order valence-electron chi connectivity index (χ1n) is 13.5. The van der Waals surface area contributed by atoms with Crippen molar-refractivity contribution < 1.29 is 19.0 Å². The molecule has 1 saturated heterocycles. The summed E-state index contributed by atoms with van der Waals surface area (Å²) in [5.41, 5.74) is 3.62. The molecule has 0 spiro atoms. The Hall–Kier alpha value is -3.78. The predicted molar refractivity (Wildman–Crippen MR) is 156 cm³/mol. The summed E-state index contributed by atoms with van der Waals surface area (Å²) in [6.07, 6.45) is 4.54. The van der Waals surface area contributed by atoms with Crippen LogP contribution in [0.3, 0.4) is 0 Å². The van der Waals surface area contributed by atoms with Gasteiger partial charge >= 0.3 is 6.09 Å². The molecule has 2 atom stereocenters. The summed E-state index contributed by atoms with van der Waals surface area (Å²) in [5, 5.41) is 2.04. The number of carbonyl (C=O) groups excluding carboxylic acids is 1. The Morgan fingerprint density at radius 2 is 1.64 bits per heavy atom. The van der Waals surface area contributed by atoms with Gasteiger partial charge in [-0.05, 0) is 55.7 Å². The van der Waals surface area contributed by atoms with Crippen LogP contribution >= 0.6 is 11.3 Å². The summed E-state index contributed by atoms with van der Waals surface area (Å²) in [4.78, 5) is 25.0. The van der Waals surface area contributed by atoms with Gasteiger partial charge in [-0.2, -0.15) is 0 Å². The lowest BCUT2D eigenvalue weighted by Gasteiger charge is -2.40. The molecule has 0 bridgehead atoms. The van der Waals surface area contributed by atoms with E-state index in [1.54, 1.807) is 25.6 Å². The van der Waals surface area contributed by atoms with Crippen LogP contribution in [0.2, 0.25) is 0 Å². The third kappa shape index (κ3) is 5.39. The molecule has 1 fully saturated rings. The van der Waals surface area contributed by atoms with Crippen molar-refractivity contribution in [3.05, 3.63) is 60.0 Å². The molecule has 0 aliphatic carbocycles. The van der Waals surface area contributed by atoms with Crippen molar-refractivity contribution in [3.8, 4) is 50.5 Å². The van der Waals surface area contributed by atoms with Crippen LogP contribution in [0.5, 0.6) is 17.2 Å². The molecule has 3 heterocycles. The number of ether oxygens (including phenoxy) is 3. The van der Waals surface area contributed by atoms with Crippen molar-refractivity contribution in [2.75, 3.05) is 14.2 Å². The van der Waals surface area contributed by atoms with Gasteiger partial charge in [0.15, 0.2) is 11.5 Å². The molecule has 2 aromatic carbocycles. The number of hydrogen-bond acceptors (Lipinski definition) is 6. The second-order valence-electron chi connectivity index (χ2n) is 9.69. The molecule has 0 radical (unpaired) electrons. The van der Waals surface area contributed by atoms with Gasteiger partial charge in [-0.1, -0.05) is 50.2 Å². The van der Waals surface area contributed by atoms with Crippen LogP contribution in [0.1, 0.15) is 46.0 Å². The Kier molecular flexibility index (Phi) is 8.21. The monoisotopic (exact) mass is 545 g/mol. The van der Waals surface area contributed by atoms with Crippen molar-refractivity contribution in [2.24, 2.45) is 0 Å². The van der Waals surface area contributed by atoms with E-state index < -0.39 is 0 Å². The topological polar surface area (TPSA) is 76.7 Å². The minimum atomic E-state index is -0.359. The fourth-order valence-electron chi connectivity index (χ4n) is 5.44. The van der Waals surface area contributed by atoms with E-state index in [2.05, 4.69) is 37.0 Å². The predicted octanol–water partition coefficient (Wildman–Crippen LogP) is 8.03. The highest BCUT2D eigenvalue weighted by atomic mass is 32.1. The normalized spacial score (nSPS) is 17.2. The highest BCUT2D eigenvalue weighted by molar-refractivity contribution is 7.13. The quantitative estimate of drug-likeness (QED) is 0.242. The molecular weight excluding hydrogens is 510 g/mol. The van der Waals surface area contributed by atoms with E-state index in [1.165, 1.54) is 0 Å². The van der Waals surface area contributed by atoms with Crippen LogP contribution in [0.4, 0.5) is 4.79 Å². The Labute approximate surface area is 233 Å². The van der Waals surface area contributed by atoms with E-state index in [4.69, 9.17) is 19.2 Å². The van der Waals surface area contributed by atoms with Crippen LogP contribution in [-0.2, 0) is 0 Å². The highest BCUT2D eigenvalue weighted by Gasteiger charge is 2.35. The molecule has 2 unspecified atom stereocenters. The maximum atomic E-state index is 13.5. The minimum Gasteiger partial charge on any atom is -0.493 e. The van der Waals surface area contributed by atoms with Gasteiger partial charge in [-0.25, -0.2) is 9.78 Å². The van der Waals surface area contributed by atoms with E-state index in [-0.39, 0.29) is 23.9 Å². The molecule has 204 valence electrons. The lowest BCUT2D eigenvalue weighted by Crippen LogP contribution is -2.50. The van der Waals surface area contributed by atoms with Gasteiger partial charge in [0, 0.05) is 23.2 Å². The number of benzene rings is 2. The largest absolute Gasteiger partial charge is 0.493 e. The van der Waals surface area contributed by atoms with E-state index in [1.807, 2.05) is 46.7 Å². The number of hydrogen-bond donors (Lipinski definition) is 1. The molecule has 1 amide bonds. The molecule has 7 nitrogen and oxygen atoms in total. The third-order valence-corrected chi connectivity index (χ3v) is 8.34. The zero-order chi connectivity index (χ0) is 27.4. The SMILES string of the molecule is CCC1CCCC(CC)N1C(=O)Oc1c(OC)cc(-c2nc(-c3cccs3)c(-c3ccccc3)[nH]2)cc1OC. The van der Waals surface area contributed by atoms with Crippen LogP contribution in [-0.4, -0.2) is 47.3 Å². The molecule has 0 saturated carbocycles. The minimum absolute atomic E-state index is 0.169. The first-order valence-corrected chi connectivity index (χ1v) is 14.4. The molecule has 1 aliphatic heterocycles. The lowest BCUT2D eigenvalue weighted by molar-refractivity contribution is 0.0720. The third-order valence-electron chi connectivity index (χ3n) is 7.46. The van der Waals surface area contributed by atoms with E-state index in [0.717, 1.165) is 59.5 Å². The van der Waals surface area contributed by atoms with Gasteiger partial charge in [-0.3, -0.25) is 0 Å². The van der Waals surface area contributed by atoms with Crippen LogP contribution in [0, 0.1) is 0 Å². The number of H-pyrrole nitrogens is 1. The summed E-state index contributed by atoms with van der Waals surface area (Å²) in [5.74, 6) is 1.76. The van der Waals surface area contributed by atoms with Crippen molar-refractivity contribution in [3.63, 3.8) is 0 Å². The average Bonchev–Trinajstić information content (AvgIpc) is 3.67. The number of likely N-dealkylation sites (tertiary alicyclic amines) is 1. The van der Waals surface area contributed by atoms with Crippen molar-refractivity contribution in [1.29, 1.82) is 0 Å². The number of nitrogens with one attached hydrogen (secondary N) is 1. The van der Waals surface area contributed by atoms with Gasteiger partial charge in [0.25, 0.3) is 0 Å². The lowest BCUT2D eigenvalue weighted by atomic mass is 9.93. The number of thiophene rings is 1. The fourth-order valence-corrected chi connectivity index (χ4v) is 6.16. The smallest absolute Gasteiger partial charge is 0.416 e. The highest BCUT2D eigenvalue weighted by Crippen LogP contribution is 2.43. The number of imidazole rings is 1. The van der Waals surface area contributed by atoms with Crippen molar-refractivity contribution >= 4 is 17.4 Å². The van der Waals surface area contributed by atoms with E-state index in [0.29, 0.717) is 17.3 Å². The van der Waals surface area contributed by atoms with Gasteiger partial charge in [-0.15, -0.1) is 11.3 Å². The van der Waals surface area contributed by atoms with Gasteiger partial charge < -0.3 is 24.1 Å². The van der Waals surface area contributed by atoms with Gasteiger partial charge in [0.2, 0.25) is 5.75 Å². The molecule has 1 aliphatic rings.